The zero-order chi connectivity index (χ0) is 24.9. The molecule has 2 heterocycles. The van der Waals surface area contributed by atoms with E-state index in [0.29, 0.717) is 24.6 Å². The molecule has 2 aromatic carbocycles. The highest BCUT2D eigenvalue weighted by atomic mass is 16.5. The van der Waals surface area contributed by atoms with Crippen molar-refractivity contribution in [3.63, 3.8) is 0 Å². The summed E-state index contributed by atoms with van der Waals surface area (Å²) in [6.45, 7) is 4.33. The SMILES string of the molecule is Cc1c(C(=O)N[C@@H](CCC2CC2)C(=O)NCc2ccc(OC3CCNCC3)cc2)[nH]c2ccccc12. The Hall–Kier alpha value is -3.32. The lowest BCUT2D eigenvalue weighted by atomic mass is 10.1. The number of carbonyl (C=O) groups excluding carboxylic acids is 2. The Bertz CT molecular complexity index is 1190. The summed E-state index contributed by atoms with van der Waals surface area (Å²) in [5.74, 6) is 1.16. The highest BCUT2D eigenvalue weighted by Crippen LogP contribution is 2.34. The molecule has 1 atom stereocenters. The number of aromatic nitrogens is 1. The number of aromatic amines is 1. The molecule has 2 amide bonds. The van der Waals surface area contributed by atoms with Crippen LogP contribution in [0.5, 0.6) is 5.75 Å². The standard InChI is InChI=1S/C29H36N4O3/c1-19-24-4-2-3-5-25(24)32-27(19)29(35)33-26(13-10-20-6-7-20)28(34)31-18-21-8-11-22(12-9-21)36-23-14-16-30-17-15-23/h2-5,8-9,11-12,20,23,26,30,32H,6-7,10,13-18H2,1H3,(H,31,34)(H,33,35)/t26-/m0/s1. The summed E-state index contributed by atoms with van der Waals surface area (Å²) < 4.78 is 6.07. The molecule has 0 unspecified atom stereocenters. The second-order valence-electron chi connectivity index (χ2n) is 10.1. The largest absolute Gasteiger partial charge is 0.490 e. The fourth-order valence-corrected chi connectivity index (χ4v) is 4.92. The van der Waals surface area contributed by atoms with Gasteiger partial charge in [0.2, 0.25) is 5.91 Å². The molecule has 7 nitrogen and oxygen atoms in total. The van der Waals surface area contributed by atoms with Crippen molar-refractivity contribution in [1.82, 2.24) is 20.9 Å². The third-order valence-corrected chi connectivity index (χ3v) is 7.35. The number of ether oxygens (including phenoxy) is 1. The molecule has 1 aliphatic heterocycles. The second kappa shape index (κ2) is 11.2. The van der Waals surface area contributed by atoms with Crippen LogP contribution in [0.15, 0.2) is 48.5 Å². The molecule has 1 saturated carbocycles. The number of rotatable bonds is 10. The van der Waals surface area contributed by atoms with Crippen molar-refractivity contribution < 1.29 is 14.3 Å². The molecule has 1 saturated heterocycles. The molecule has 2 aliphatic rings. The van der Waals surface area contributed by atoms with E-state index in [2.05, 4.69) is 20.9 Å². The van der Waals surface area contributed by atoms with E-state index in [0.717, 1.165) is 60.1 Å². The molecule has 3 aromatic rings. The number of benzene rings is 2. The summed E-state index contributed by atoms with van der Waals surface area (Å²) in [5.41, 5.74) is 3.34. The number of hydrogen-bond donors (Lipinski definition) is 4. The number of carbonyl (C=O) groups is 2. The summed E-state index contributed by atoms with van der Waals surface area (Å²) in [6, 6.07) is 15.2. The summed E-state index contributed by atoms with van der Waals surface area (Å²) in [5, 5.41) is 10.4. The van der Waals surface area contributed by atoms with E-state index in [1.807, 2.05) is 55.5 Å². The number of para-hydroxylation sites is 1. The predicted octanol–water partition coefficient (Wildman–Crippen LogP) is 4.21. The molecular formula is C29H36N4O3. The number of nitrogens with one attached hydrogen (secondary N) is 4. The molecule has 36 heavy (non-hydrogen) atoms. The Morgan fingerprint density at radius 1 is 1.03 bits per heavy atom. The van der Waals surface area contributed by atoms with E-state index in [1.54, 1.807) is 0 Å². The minimum absolute atomic E-state index is 0.146. The quantitative estimate of drug-likeness (QED) is 0.344. The maximum absolute atomic E-state index is 13.1. The molecule has 0 spiro atoms. The lowest BCUT2D eigenvalue weighted by Crippen LogP contribution is -2.46. The second-order valence-corrected chi connectivity index (χ2v) is 10.1. The van der Waals surface area contributed by atoms with E-state index in [1.165, 1.54) is 12.8 Å². The van der Waals surface area contributed by atoms with Gasteiger partial charge in [-0.25, -0.2) is 0 Å². The molecule has 0 radical (unpaired) electrons. The van der Waals surface area contributed by atoms with E-state index in [4.69, 9.17) is 4.74 Å². The highest BCUT2D eigenvalue weighted by Gasteiger charge is 2.27. The molecule has 2 fully saturated rings. The van der Waals surface area contributed by atoms with Crippen molar-refractivity contribution in [3.8, 4) is 5.75 Å². The first-order chi connectivity index (χ1) is 17.6. The molecular weight excluding hydrogens is 452 g/mol. The van der Waals surface area contributed by atoms with Crippen LogP contribution in [0, 0.1) is 12.8 Å². The van der Waals surface area contributed by atoms with Gasteiger partial charge >= 0.3 is 0 Å². The summed E-state index contributed by atoms with van der Waals surface area (Å²) in [7, 11) is 0. The average molecular weight is 489 g/mol. The number of hydrogen-bond acceptors (Lipinski definition) is 4. The van der Waals surface area contributed by atoms with Gasteiger partial charge in [0, 0.05) is 17.4 Å². The Kier molecular flexibility index (Phi) is 7.56. The molecule has 1 aromatic heterocycles. The van der Waals surface area contributed by atoms with Crippen molar-refractivity contribution in [2.45, 2.75) is 64.1 Å². The van der Waals surface area contributed by atoms with Gasteiger partial charge in [-0.05, 0) is 80.9 Å². The van der Waals surface area contributed by atoms with Gasteiger partial charge in [-0.2, -0.15) is 0 Å². The monoisotopic (exact) mass is 488 g/mol. The van der Waals surface area contributed by atoms with Crippen LogP contribution in [0.1, 0.15) is 60.1 Å². The van der Waals surface area contributed by atoms with E-state index in [9.17, 15) is 9.59 Å². The lowest BCUT2D eigenvalue weighted by Gasteiger charge is -2.24. The van der Waals surface area contributed by atoms with Crippen LogP contribution in [-0.4, -0.2) is 42.0 Å². The Morgan fingerprint density at radius 2 is 1.78 bits per heavy atom. The summed E-state index contributed by atoms with van der Waals surface area (Å²) in [6.07, 6.45) is 6.32. The van der Waals surface area contributed by atoms with E-state index >= 15 is 0 Å². The smallest absolute Gasteiger partial charge is 0.268 e. The fraction of sp³-hybridized carbons (Fsp3) is 0.448. The van der Waals surface area contributed by atoms with Gasteiger partial charge in [0.25, 0.3) is 5.91 Å². The third-order valence-electron chi connectivity index (χ3n) is 7.35. The first kappa shape index (κ1) is 24.4. The third kappa shape index (κ3) is 6.08. The van der Waals surface area contributed by atoms with Gasteiger partial charge in [-0.3, -0.25) is 9.59 Å². The van der Waals surface area contributed by atoms with Gasteiger partial charge in [0.15, 0.2) is 0 Å². The first-order valence-electron chi connectivity index (χ1n) is 13.2. The van der Waals surface area contributed by atoms with Crippen molar-refractivity contribution in [3.05, 3.63) is 65.4 Å². The average Bonchev–Trinajstić information content (AvgIpc) is 3.68. The van der Waals surface area contributed by atoms with Crippen LogP contribution in [0.4, 0.5) is 0 Å². The number of fused-ring (bicyclic) bond motifs is 1. The minimum Gasteiger partial charge on any atom is -0.490 e. The van der Waals surface area contributed by atoms with Gasteiger partial charge < -0.3 is 25.7 Å². The van der Waals surface area contributed by atoms with E-state index in [-0.39, 0.29) is 17.9 Å². The van der Waals surface area contributed by atoms with Crippen molar-refractivity contribution in [2.75, 3.05) is 13.1 Å². The van der Waals surface area contributed by atoms with Gasteiger partial charge in [0.1, 0.15) is 23.6 Å². The Labute approximate surface area is 212 Å². The highest BCUT2D eigenvalue weighted by molar-refractivity contribution is 6.02. The maximum atomic E-state index is 13.1. The van der Waals surface area contributed by atoms with E-state index < -0.39 is 6.04 Å². The van der Waals surface area contributed by atoms with Crippen LogP contribution in [0.25, 0.3) is 10.9 Å². The van der Waals surface area contributed by atoms with Gasteiger partial charge in [0.05, 0.1) is 0 Å². The van der Waals surface area contributed by atoms with Crippen molar-refractivity contribution in [1.29, 1.82) is 0 Å². The van der Waals surface area contributed by atoms with Crippen LogP contribution in [0.2, 0.25) is 0 Å². The lowest BCUT2D eigenvalue weighted by molar-refractivity contribution is -0.123. The molecule has 190 valence electrons. The van der Waals surface area contributed by atoms with Crippen molar-refractivity contribution >= 4 is 22.7 Å². The molecule has 4 N–H and O–H groups in total. The molecule has 5 rings (SSSR count). The zero-order valence-electron chi connectivity index (χ0n) is 20.9. The predicted molar refractivity (Wildman–Crippen MR) is 141 cm³/mol. The van der Waals surface area contributed by atoms with Crippen LogP contribution in [0.3, 0.4) is 0 Å². The molecule has 1 aliphatic carbocycles. The first-order valence-corrected chi connectivity index (χ1v) is 13.2. The number of H-pyrrole nitrogens is 1. The number of aryl methyl sites for hydroxylation is 1. The minimum atomic E-state index is -0.563. The Morgan fingerprint density at radius 3 is 2.50 bits per heavy atom. The number of piperidine rings is 1. The molecule has 7 heteroatoms. The van der Waals surface area contributed by atoms with Crippen LogP contribution >= 0.6 is 0 Å². The topological polar surface area (TPSA) is 95.2 Å². The fourth-order valence-electron chi connectivity index (χ4n) is 4.92. The van der Waals surface area contributed by atoms with Crippen LogP contribution in [-0.2, 0) is 11.3 Å². The van der Waals surface area contributed by atoms with Crippen LogP contribution < -0.4 is 20.7 Å². The zero-order valence-corrected chi connectivity index (χ0v) is 20.9. The normalized spacial score (nSPS) is 17.0. The summed E-state index contributed by atoms with van der Waals surface area (Å²) >= 11 is 0. The Balaban J connectivity index is 1.19. The maximum Gasteiger partial charge on any atom is 0.268 e. The molecule has 0 bridgehead atoms. The van der Waals surface area contributed by atoms with Crippen molar-refractivity contribution in [2.24, 2.45) is 5.92 Å². The van der Waals surface area contributed by atoms with Gasteiger partial charge in [-0.15, -0.1) is 0 Å². The number of amides is 2. The van der Waals surface area contributed by atoms with Gasteiger partial charge in [-0.1, -0.05) is 43.2 Å². The summed E-state index contributed by atoms with van der Waals surface area (Å²) in [4.78, 5) is 29.5.